The summed E-state index contributed by atoms with van der Waals surface area (Å²) in [6, 6.07) is 5.24. The minimum Gasteiger partial charge on any atom is -0.508 e. The van der Waals surface area contributed by atoms with Crippen LogP contribution in [0.1, 0.15) is 6.92 Å². The van der Waals surface area contributed by atoms with Crippen LogP contribution in [0.5, 0.6) is 28.7 Å². The summed E-state index contributed by atoms with van der Waals surface area (Å²) in [5.41, 5.74) is -1.35. The monoisotopic (exact) mass is 610 g/mol. The lowest BCUT2D eigenvalue weighted by Crippen LogP contribution is -2.61. The SMILES string of the molecule is C[C@@H]1O[C@@H](OC[C@@H]2O[C@H](Oc3c(-c4ccc(O)c(O)c4)oc4cc(O)cc(O)c4c3=O)[C@@H](O)[C@H](O)[C@H]2O)[C@H](O)[C@H](O)[C@H]1O. The van der Waals surface area contributed by atoms with Crippen molar-refractivity contribution in [3.63, 3.8) is 0 Å². The van der Waals surface area contributed by atoms with E-state index in [0.717, 1.165) is 24.3 Å². The normalized spacial score (nSPS) is 33.0. The van der Waals surface area contributed by atoms with Gasteiger partial charge in [0.1, 0.15) is 65.2 Å². The van der Waals surface area contributed by atoms with Crippen LogP contribution >= 0.6 is 0 Å². The average molecular weight is 611 g/mol. The molecule has 0 unspecified atom stereocenters. The summed E-state index contributed by atoms with van der Waals surface area (Å²) in [4.78, 5) is 13.6. The molecular weight excluding hydrogens is 580 g/mol. The zero-order valence-corrected chi connectivity index (χ0v) is 22.3. The molecule has 2 aliphatic heterocycles. The van der Waals surface area contributed by atoms with Gasteiger partial charge in [-0.3, -0.25) is 4.79 Å². The number of aliphatic hydroxyl groups is 6. The van der Waals surface area contributed by atoms with Crippen molar-refractivity contribution in [2.75, 3.05) is 6.61 Å². The van der Waals surface area contributed by atoms with Crippen molar-refractivity contribution >= 4 is 11.0 Å². The second kappa shape index (κ2) is 11.8. The molecule has 0 bridgehead atoms. The molecule has 10 atom stereocenters. The fourth-order valence-corrected chi connectivity index (χ4v) is 4.84. The lowest BCUT2D eigenvalue weighted by molar-refractivity contribution is -0.318. The molecule has 3 aromatic rings. The Morgan fingerprint density at radius 1 is 0.744 bits per heavy atom. The molecule has 2 aromatic carbocycles. The highest BCUT2D eigenvalue weighted by Crippen LogP contribution is 2.39. The first-order valence-corrected chi connectivity index (χ1v) is 13.0. The highest BCUT2D eigenvalue weighted by atomic mass is 16.7. The Morgan fingerprint density at radius 3 is 2.12 bits per heavy atom. The summed E-state index contributed by atoms with van der Waals surface area (Å²) < 4.78 is 27.8. The maximum Gasteiger partial charge on any atom is 0.239 e. The second-order valence-corrected chi connectivity index (χ2v) is 10.3. The maximum atomic E-state index is 13.6. The Bertz CT molecular complexity index is 1540. The number of hydrogen-bond donors (Lipinski definition) is 10. The predicted molar refractivity (Wildman–Crippen MR) is 140 cm³/mol. The van der Waals surface area contributed by atoms with E-state index in [0.29, 0.717) is 0 Å². The Kier molecular flexibility index (Phi) is 8.41. The summed E-state index contributed by atoms with van der Waals surface area (Å²) in [6.45, 7) is 0.818. The lowest BCUT2D eigenvalue weighted by Gasteiger charge is -2.42. The molecule has 3 heterocycles. The minimum absolute atomic E-state index is 0.0313. The first kappa shape index (κ1) is 30.7. The van der Waals surface area contributed by atoms with Gasteiger partial charge in [-0.25, -0.2) is 0 Å². The van der Waals surface area contributed by atoms with E-state index in [9.17, 15) is 55.9 Å². The Morgan fingerprint density at radius 2 is 1.42 bits per heavy atom. The molecule has 43 heavy (non-hydrogen) atoms. The van der Waals surface area contributed by atoms with Crippen LogP contribution < -0.4 is 10.2 Å². The van der Waals surface area contributed by atoms with Gasteiger partial charge in [0, 0.05) is 17.7 Å². The standard InChI is InChI=1S/C27H30O16/c1-8-17(32)20(35)22(37)26(40-8)39-7-15-18(33)21(36)23(38)27(42-15)43-25-19(34)16-13(31)5-10(28)6-14(16)41-24(25)9-2-3-11(29)12(30)4-9/h2-6,8,15,17-18,20-23,26-33,35-38H,7H2,1H3/t8-,15-,17-,18-,20+,21+,22+,23-,26+,27+/m0/s1. The van der Waals surface area contributed by atoms with E-state index in [-0.39, 0.29) is 11.1 Å². The van der Waals surface area contributed by atoms with Crippen LogP contribution in [-0.2, 0) is 14.2 Å². The zero-order valence-electron chi connectivity index (χ0n) is 22.3. The van der Waals surface area contributed by atoms with Crippen LogP contribution in [0, 0.1) is 0 Å². The summed E-state index contributed by atoms with van der Waals surface area (Å²) in [5.74, 6) is -3.33. The van der Waals surface area contributed by atoms with Gasteiger partial charge in [0.2, 0.25) is 17.5 Å². The van der Waals surface area contributed by atoms with Crippen molar-refractivity contribution in [1.29, 1.82) is 0 Å². The van der Waals surface area contributed by atoms with Crippen molar-refractivity contribution < 1.29 is 74.4 Å². The predicted octanol–water partition coefficient (Wildman–Crippen LogP) is -1.69. The largest absolute Gasteiger partial charge is 0.508 e. The van der Waals surface area contributed by atoms with Crippen LogP contribution in [0.15, 0.2) is 39.5 Å². The number of benzene rings is 2. The molecule has 0 radical (unpaired) electrons. The van der Waals surface area contributed by atoms with Crippen molar-refractivity contribution in [3.05, 3.63) is 40.6 Å². The van der Waals surface area contributed by atoms with Gasteiger partial charge in [-0.1, -0.05) is 0 Å². The zero-order chi connectivity index (χ0) is 31.3. The summed E-state index contributed by atoms with van der Waals surface area (Å²) >= 11 is 0. The van der Waals surface area contributed by atoms with Gasteiger partial charge in [-0.05, 0) is 25.1 Å². The molecule has 16 heteroatoms. The lowest BCUT2D eigenvalue weighted by atomic mass is 9.98. The number of hydrogen-bond acceptors (Lipinski definition) is 16. The number of rotatable bonds is 6. The smallest absolute Gasteiger partial charge is 0.239 e. The van der Waals surface area contributed by atoms with Gasteiger partial charge < -0.3 is 74.4 Å². The highest BCUT2D eigenvalue weighted by molar-refractivity contribution is 5.88. The van der Waals surface area contributed by atoms with Crippen molar-refractivity contribution in [2.45, 2.75) is 68.3 Å². The van der Waals surface area contributed by atoms with Gasteiger partial charge in [0.15, 0.2) is 23.5 Å². The molecule has 10 N–H and O–H groups in total. The first-order chi connectivity index (χ1) is 20.3. The quantitative estimate of drug-likeness (QED) is 0.140. The van der Waals surface area contributed by atoms with Gasteiger partial charge in [0.05, 0.1) is 12.7 Å². The number of aliphatic hydroxyl groups excluding tert-OH is 6. The molecule has 0 aliphatic carbocycles. The Labute approximate surface area is 241 Å². The maximum absolute atomic E-state index is 13.6. The third-order valence-corrected chi connectivity index (χ3v) is 7.29. The fourth-order valence-electron chi connectivity index (χ4n) is 4.84. The van der Waals surface area contributed by atoms with Crippen molar-refractivity contribution in [1.82, 2.24) is 0 Å². The Hall–Kier alpha value is -3.71. The number of fused-ring (bicyclic) bond motifs is 1. The minimum atomic E-state index is -1.97. The molecule has 16 nitrogen and oxygen atoms in total. The number of ether oxygens (including phenoxy) is 4. The summed E-state index contributed by atoms with van der Waals surface area (Å²) in [7, 11) is 0. The molecular formula is C27H30O16. The topological polar surface area (TPSA) is 269 Å². The van der Waals surface area contributed by atoms with Crippen LogP contribution in [-0.4, -0.2) is 119 Å². The molecule has 0 saturated carbocycles. The van der Waals surface area contributed by atoms with E-state index in [4.69, 9.17) is 23.4 Å². The number of phenols is 4. The van der Waals surface area contributed by atoms with Gasteiger partial charge in [0.25, 0.3) is 0 Å². The summed E-state index contributed by atoms with van der Waals surface area (Å²) in [6.07, 6.45) is -16.2. The van der Waals surface area contributed by atoms with E-state index in [2.05, 4.69) is 0 Å². The van der Waals surface area contributed by atoms with E-state index in [1.165, 1.54) is 13.0 Å². The van der Waals surface area contributed by atoms with Gasteiger partial charge >= 0.3 is 0 Å². The molecule has 234 valence electrons. The van der Waals surface area contributed by atoms with E-state index >= 15 is 0 Å². The van der Waals surface area contributed by atoms with Crippen molar-refractivity contribution in [2.24, 2.45) is 0 Å². The van der Waals surface area contributed by atoms with Gasteiger partial charge in [-0.15, -0.1) is 0 Å². The average Bonchev–Trinajstić information content (AvgIpc) is 2.96. The third kappa shape index (κ3) is 5.67. The molecule has 2 saturated heterocycles. The molecule has 2 aliphatic rings. The molecule has 5 rings (SSSR count). The third-order valence-electron chi connectivity index (χ3n) is 7.29. The van der Waals surface area contributed by atoms with Crippen LogP contribution in [0.3, 0.4) is 0 Å². The van der Waals surface area contributed by atoms with E-state index in [1.54, 1.807) is 0 Å². The highest BCUT2D eigenvalue weighted by Gasteiger charge is 2.47. The molecule has 2 fully saturated rings. The van der Waals surface area contributed by atoms with Crippen LogP contribution in [0.25, 0.3) is 22.3 Å². The fraction of sp³-hybridized carbons (Fsp3) is 0.444. The Balaban J connectivity index is 1.48. The van der Waals surface area contributed by atoms with Crippen LogP contribution in [0.2, 0.25) is 0 Å². The molecule has 0 amide bonds. The van der Waals surface area contributed by atoms with E-state index < -0.39 is 113 Å². The van der Waals surface area contributed by atoms with Gasteiger partial charge in [-0.2, -0.15) is 0 Å². The number of aromatic hydroxyl groups is 4. The summed E-state index contributed by atoms with van der Waals surface area (Å²) in [5, 5.41) is 101. The van der Waals surface area contributed by atoms with E-state index in [1.807, 2.05) is 0 Å². The second-order valence-electron chi connectivity index (χ2n) is 10.3. The molecule has 0 spiro atoms. The molecule has 1 aromatic heterocycles. The first-order valence-electron chi connectivity index (χ1n) is 13.0. The van der Waals surface area contributed by atoms with Crippen LogP contribution in [0.4, 0.5) is 0 Å². The van der Waals surface area contributed by atoms with Crippen molar-refractivity contribution in [3.8, 4) is 40.1 Å². The number of phenolic OH excluding ortho intramolecular Hbond substituents is 4.